The molecule has 4 rings (SSSR count). The third kappa shape index (κ3) is 4.22. The fourth-order valence-corrected chi connectivity index (χ4v) is 3.57. The second-order valence-corrected chi connectivity index (χ2v) is 7.45. The van der Waals surface area contributed by atoms with Gasteiger partial charge in [0.1, 0.15) is 5.82 Å². The molecule has 0 saturated heterocycles. The first-order chi connectivity index (χ1) is 14.5. The van der Waals surface area contributed by atoms with Crippen molar-refractivity contribution in [1.82, 2.24) is 20.1 Å². The molecule has 0 aliphatic carbocycles. The number of nitrogens with one attached hydrogen (secondary N) is 1. The monoisotopic (exact) mass is 402 g/mol. The SMILES string of the molecule is Cc1cc(C(=O)N(C)CCCc2cc(-c3ccccc3)n[nH]2)c2ccc(F)cc2n1. The predicted octanol–water partition coefficient (Wildman–Crippen LogP) is 4.78. The molecule has 0 radical (unpaired) electrons. The molecule has 0 saturated carbocycles. The van der Waals surface area contributed by atoms with Gasteiger partial charge in [0.2, 0.25) is 0 Å². The van der Waals surface area contributed by atoms with Crippen molar-refractivity contribution in [1.29, 1.82) is 0 Å². The lowest BCUT2D eigenvalue weighted by Crippen LogP contribution is -2.28. The molecule has 6 heteroatoms. The summed E-state index contributed by atoms with van der Waals surface area (Å²) in [6, 6.07) is 18.2. The molecular weight excluding hydrogens is 379 g/mol. The van der Waals surface area contributed by atoms with Gasteiger partial charge in [0.05, 0.1) is 16.8 Å². The van der Waals surface area contributed by atoms with Gasteiger partial charge in [0, 0.05) is 42.0 Å². The van der Waals surface area contributed by atoms with Crippen LogP contribution in [0.1, 0.15) is 28.2 Å². The Morgan fingerprint density at radius 3 is 2.70 bits per heavy atom. The van der Waals surface area contributed by atoms with E-state index in [2.05, 4.69) is 15.2 Å². The summed E-state index contributed by atoms with van der Waals surface area (Å²) < 4.78 is 13.6. The maximum Gasteiger partial charge on any atom is 0.254 e. The minimum Gasteiger partial charge on any atom is -0.342 e. The number of carbonyl (C=O) groups is 1. The molecule has 0 unspecified atom stereocenters. The summed E-state index contributed by atoms with van der Waals surface area (Å²) in [5.41, 5.74) is 4.77. The molecule has 2 aromatic heterocycles. The van der Waals surface area contributed by atoms with E-state index in [1.54, 1.807) is 24.1 Å². The van der Waals surface area contributed by atoms with E-state index in [-0.39, 0.29) is 11.7 Å². The maximum atomic E-state index is 13.6. The summed E-state index contributed by atoms with van der Waals surface area (Å²) >= 11 is 0. The van der Waals surface area contributed by atoms with E-state index in [1.165, 1.54) is 12.1 Å². The van der Waals surface area contributed by atoms with E-state index in [9.17, 15) is 9.18 Å². The van der Waals surface area contributed by atoms with Crippen LogP contribution in [0.2, 0.25) is 0 Å². The summed E-state index contributed by atoms with van der Waals surface area (Å²) in [6.07, 6.45) is 1.59. The van der Waals surface area contributed by atoms with Gasteiger partial charge >= 0.3 is 0 Å². The van der Waals surface area contributed by atoms with E-state index < -0.39 is 0 Å². The third-order valence-electron chi connectivity index (χ3n) is 5.12. The van der Waals surface area contributed by atoms with Crippen LogP contribution in [0.15, 0.2) is 60.7 Å². The van der Waals surface area contributed by atoms with Gasteiger partial charge in [-0.25, -0.2) is 4.39 Å². The molecule has 1 N–H and O–H groups in total. The van der Waals surface area contributed by atoms with Gasteiger partial charge in [0.15, 0.2) is 0 Å². The third-order valence-corrected chi connectivity index (χ3v) is 5.12. The fourth-order valence-electron chi connectivity index (χ4n) is 3.57. The molecule has 5 nitrogen and oxygen atoms in total. The first-order valence-corrected chi connectivity index (χ1v) is 9.93. The first kappa shape index (κ1) is 19.8. The lowest BCUT2D eigenvalue weighted by molar-refractivity contribution is 0.0795. The molecule has 2 heterocycles. The predicted molar refractivity (Wildman–Crippen MR) is 116 cm³/mol. The van der Waals surface area contributed by atoms with E-state index in [0.717, 1.165) is 29.8 Å². The van der Waals surface area contributed by atoms with Gasteiger partial charge < -0.3 is 4.90 Å². The number of benzene rings is 2. The van der Waals surface area contributed by atoms with Crippen LogP contribution in [0.3, 0.4) is 0 Å². The summed E-state index contributed by atoms with van der Waals surface area (Å²) in [4.78, 5) is 19.1. The second-order valence-electron chi connectivity index (χ2n) is 7.45. The van der Waals surface area contributed by atoms with Gasteiger partial charge in [-0.15, -0.1) is 0 Å². The van der Waals surface area contributed by atoms with Crippen LogP contribution in [0.25, 0.3) is 22.2 Å². The Balaban J connectivity index is 1.41. The standard InChI is InChI=1S/C24H23FN4O/c1-16-13-21(20-11-10-18(25)14-23(20)26-16)24(30)29(2)12-6-9-19-15-22(28-27-19)17-7-4-3-5-8-17/h3-5,7-8,10-11,13-15H,6,9,12H2,1-2H3,(H,27,28). The molecule has 0 bridgehead atoms. The lowest BCUT2D eigenvalue weighted by atomic mass is 10.1. The van der Waals surface area contributed by atoms with Crippen molar-refractivity contribution in [3.8, 4) is 11.3 Å². The number of halogens is 1. The zero-order valence-electron chi connectivity index (χ0n) is 17.0. The number of nitrogens with zero attached hydrogens (tertiary/aromatic N) is 3. The number of aromatic nitrogens is 3. The number of carbonyl (C=O) groups excluding carboxylic acids is 1. The van der Waals surface area contributed by atoms with Gasteiger partial charge in [-0.3, -0.25) is 14.9 Å². The van der Waals surface area contributed by atoms with Crippen LogP contribution in [-0.2, 0) is 6.42 Å². The van der Waals surface area contributed by atoms with Crippen molar-refractivity contribution < 1.29 is 9.18 Å². The van der Waals surface area contributed by atoms with Gasteiger partial charge in [-0.2, -0.15) is 5.10 Å². The van der Waals surface area contributed by atoms with E-state index in [4.69, 9.17) is 0 Å². The molecule has 30 heavy (non-hydrogen) atoms. The number of aryl methyl sites for hydroxylation is 2. The number of aromatic amines is 1. The number of hydrogen-bond donors (Lipinski definition) is 1. The Hall–Kier alpha value is -3.54. The summed E-state index contributed by atoms with van der Waals surface area (Å²) in [6.45, 7) is 2.41. The van der Waals surface area contributed by atoms with Gasteiger partial charge in [0.25, 0.3) is 5.91 Å². The van der Waals surface area contributed by atoms with E-state index >= 15 is 0 Å². The number of hydrogen-bond acceptors (Lipinski definition) is 3. The molecule has 4 aromatic rings. The quantitative estimate of drug-likeness (QED) is 0.505. The van der Waals surface area contributed by atoms with Crippen LogP contribution >= 0.6 is 0 Å². The second kappa shape index (κ2) is 8.45. The Morgan fingerprint density at radius 1 is 1.10 bits per heavy atom. The molecular formula is C24H23FN4O. The Labute approximate surface area is 174 Å². The number of H-pyrrole nitrogens is 1. The molecule has 0 spiro atoms. The Kier molecular flexibility index (Phi) is 5.57. The highest BCUT2D eigenvalue weighted by Gasteiger charge is 2.16. The van der Waals surface area contributed by atoms with Crippen LogP contribution in [0.4, 0.5) is 4.39 Å². The summed E-state index contributed by atoms with van der Waals surface area (Å²) in [5, 5.41) is 8.12. The van der Waals surface area contributed by atoms with Crippen molar-refractivity contribution in [2.75, 3.05) is 13.6 Å². The van der Waals surface area contributed by atoms with E-state index in [1.807, 2.05) is 43.3 Å². The Morgan fingerprint density at radius 2 is 1.90 bits per heavy atom. The van der Waals surface area contributed by atoms with Crippen molar-refractivity contribution >= 4 is 16.8 Å². The molecule has 152 valence electrons. The van der Waals surface area contributed by atoms with Crippen LogP contribution < -0.4 is 0 Å². The zero-order valence-corrected chi connectivity index (χ0v) is 17.0. The maximum absolute atomic E-state index is 13.6. The number of pyridine rings is 1. The number of amides is 1. The summed E-state index contributed by atoms with van der Waals surface area (Å²) in [5.74, 6) is -0.450. The van der Waals surface area contributed by atoms with Crippen LogP contribution in [-0.4, -0.2) is 39.6 Å². The largest absolute Gasteiger partial charge is 0.342 e. The van der Waals surface area contributed by atoms with Crippen molar-refractivity contribution in [2.45, 2.75) is 19.8 Å². The first-order valence-electron chi connectivity index (χ1n) is 9.93. The van der Waals surface area contributed by atoms with E-state index in [0.29, 0.717) is 28.7 Å². The minimum atomic E-state index is -0.359. The smallest absolute Gasteiger partial charge is 0.254 e. The average Bonchev–Trinajstić information content (AvgIpc) is 3.21. The summed E-state index contributed by atoms with van der Waals surface area (Å²) in [7, 11) is 1.79. The average molecular weight is 402 g/mol. The molecule has 2 aromatic carbocycles. The zero-order chi connectivity index (χ0) is 21.1. The molecule has 0 fully saturated rings. The number of fused-ring (bicyclic) bond motifs is 1. The lowest BCUT2D eigenvalue weighted by Gasteiger charge is -2.18. The molecule has 1 amide bonds. The van der Waals surface area contributed by atoms with Gasteiger partial charge in [-0.05, 0) is 44.0 Å². The van der Waals surface area contributed by atoms with Crippen molar-refractivity contribution in [3.05, 3.63) is 83.4 Å². The number of rotatable bonds is 6. The highest BCUT2D eigenvalue weighted by Crippen LogP contribution is 2.21. The van der Waals surface area contributed by atoms with Gasteiger partial charge in [-0.1, -0.05) is 30.3 Å². The molecule has 0 aliphatic heterocycles. The molecule has 0 atom stereocenters. The normalized spacial score (nSPS) is 11.0. The Bertz CT molecular complexity index is 1180. The van der Waals surface area contributed by atoms with Crippen molar-refractivity contribution in [3.63, 3.8) is 0 Å². The fraction of sp³-hybridized carbons (Fsp3) is 0.208. The molecule has 0 aliphatic rings. The topological polar surface area (TPSA) is 61.9 Å². The highest BCUT2D eigenvalue weighted by atomic mass is 19.1. The minimum absolute atomic E-state index is 0.0910. The van der Waals surface area contributed by atoms with Crippen molar-refractivity contribution in [2.24, 2.45) is 0 Å². The van der Waals surface area contributed by atoms with Crippen LogP contribution in [0.5, 0.6) is 0 Å². The highest BCUT2D eigenvalue weighted by molar-refractivity contribution is 6.06. The van der Waals surface area contributed by atoms with Crippen LogP contribution in [0, 0.1) is 12.7 Å².